The minimum Gasteiger partial charge on any atom is -0.331 e. The number of rotatable bonds is 3. The van der Waals surface area contributed by atoms with E-state index < -0.39 is 6.04 Å². The van der Waals surface area contributed by atoms with Gasteiger partial charge in [0.15, 0.2) is 0 Å². The Morgan fingerprint density at radius 2 is 1.95 bits per heavy atom. The molecule has 1 atom stereocenters. The summed E-state index contributed by atoms with van der Waals surface area (Å²) in [6.45, 7) is 1.75. The predicted octanol–water partition coefficient (Wildman–Crippen LogP) is 3.26. The lowest BCUT2D eigenvalue weighted by Crippen LogP contribution is -2.17. The summed E-state index contributed by atoms with van der Waals surface area (Å²) in [5, 5.41) is 0. The van der Waals surface area contributed by atoms with Crippen LogP contribution in [0.3, 0.4) is 0 Å². The molecule has 21 heavy (non-hydrogen) atoms. The molecule has 4 heteroatoms. The second kappa shape index (κ2) is 5.30. The Hall–Kier alpha value is -2.20. The monoisotopic (exact) mass is 283 g/mol. The zero-order chi connectivity index (χ0) is 15.0. The van der Waals surface area contributed by atoms with Crippen molar-refractivity contribution in [3.05, 3.63) is 65.2 Å². The van der Waals surface area contributed by atoms with Crippen LogP contribution >= 0.6 is 0 Å². The number of aryl methyl sites for hydroxylation is 2. The Labute approximate surface area is 123 Å². The highest BCUT2D eigenvalue weighted by Crippen LogP contribution is 2.23. The molecule has 0 aliphatic rings. The molecule has 0 radical (unpaired) electrons. The third-order valence-corrected chi connectivity index (χ3v) is 3.90. The molecular formula is C17H18FN3. The molecule has 0 fully saturated rings. The number of nitrogens with zero attached hydrogens (tertiary/aromatic N) is 2. The van der Waals surface area contributed by atoms with E-state index in [0.29, 0.717) is 17.5 Å². The molecule has 2 N–H and O–H groups in total. The van der Waals surface area contributed by atoms with Crippen LogP contribution in [0.15, 0.2) is 42.5 Å². The highest BCUT2D eigenvalue weighted by atomic mass is 19.1. The van der Waals surface area contributed by atoms with Crippen molar-refractivity contribution in [2.24, 2.45) is 12.8 Å². The zero-order valence-electron chi connectivity index (χ0n) is 12.2. The van der Waals surface area contributed by atoms with E-state index in [1.807, 2.05) is 41.9 Å². The highest BCUT2D eigenvalue weighted by Gasteiger charge is 2.16. The first-order valence-corrected chi connectivity index (χ1v) is 6.99. The van der Waals surface area contributed by atoms with Crippen LogP contribution in [-0.4, -0.2) is 9.55 Å². The molecule has 0 aliphatic carbocycles. The van der Waals surface area contributed by atoms with Gasteiger partial charge in [-0.25, -0.2) is 9.37 Å². The molecule has 1 unspecified atom stereocenters. The molecule has 3 aromatic rings. The molecule has 0 saturated carbocycles. The fourth-order valence-corrected chi connectivity index (χ4v) is 2.64. The summed E-state index contributed by atoms with van der Waals surface area (Å²) < 4.78 is 16.2. The fraction of sp³-hybridized carbons (Fsp3) is 0.235. The lowest BCUT2D eigenvalue weighted by atomic mass is 10.0. The molecule has 3 nitrogen and oxygen atoms in total. The maximum Gasteiger partial charge on any atom is 0.130 e. The normalized spacial score (nSPS) is 12.8. The molecule has 0 saturated heterocycles. The second-order valence-corrected chi connectivity index (χ2v) is 5.36. The molecular weight excluding hydrogens is 265 g/mol. The van der Waals surface area contributed by atoms with Crippen LogP contribution in [0, 0.1) is 12.7 Å². The Kier molecular flexibility index (Phi) is 3.47. The minimum absolute atomic E-state index is 0.219. The number of imidazole rings is 1. The standard InChI is InChI=1S/C17H18FN3/c1-11-6-5-7-12(17(11)18)13(19)10-16-20-14-8-3-4-9-15(14)21(16)2/h3-9,13H,10,19H2,1-2H3. The van der Waals surface area contributed by atoms with Crippen molar-refractivity contribution in [2.45, 2.75) is 19.4 Å². The van der Waals surface area contributed by atoms with Crippen LogP contribution in [0.25, 0.3) is 11.0 Å². The smallest absolute Gasteiger partial charge is 0.130 e. The van der Waals surface area contributed by atoms with E-state index in [9.17, 15) is 4.39 Å². The average Bonchev–Trinajstić information content (AvgIpc) is 2.79. The molecule has 1 heterocycles. The van der Waals surface area contributed by atoms with E-state index in [1.54, 1.807) is 19.1 Å². The van der Waals surface area contributed by atoms with Crippen molar-refractivity contribution >= 4 is 11.0 Å². The first kappa shape index (κ1) is 13.8. The van der Waals surface area contributed by atoms with Crippen LogP contribution in [-0.2, 0) is 13.5 Å². The lowest BCUT2D eigenvalue weighted by Gasteiger charge is -2.14. The van der Waals surface area contributed by atoms with Crippen LogP contribution in [0.2, 0.25) is 0 Å². The van der Waals surface area contributed by atoms with Gasteiger partial charge in [0.2, 0.25) is 0 Å². The number of benzene rings is 2. The summed E-state index contributed by atoms with van der Waals surface area (Å²) in [6, 6.07) is 12.9. The van der Waals surface area contributed by atoms with Crippen LogP contribution in [0.4, 0.5) is 4.39 Å². The summed E-state index contributed by atoms with van der Waals surface area (Å²) in [5.74, 6) is 0.647. The van der Waals surface area contributed by atoms with Gasteiger partial charge in [0.25, 0.3) is 0 Å². The number of hydrogen-bond acceptors (Lipinski definition) is 2. The van der Waals surface area contributed by atoms with Crippen molar-refractivity contribution in [1.82, 2.24) is 9.55 Å². The van der Waals surface area contributed by atoms with Gasteiger partial charge in [0.1, 0.15) is 11.6 Å². The zero-order valence-corrected chi connectivity index (χ0v) is 12.2. The van der Waals surface area contributed by atoms with Gasteiger partial charge in [-0.2, -0.15) is 0 Å². The van der Waals surface area contributed by atoms with Crippen LogP contribution in [0.5, 0.6) is 0 Å². The van der Waals surface area contributed by atoms with Crippen LogP contribution in [0.1, 0.15) is 23.0 Å². The number of fused-ring (bicyclic) bond motifs is 1. The van der Waals surface area contributed by atoms with Gasteiger partial charge in [-0.3, -0.25) is 0 Å². The van der Waals surface area contributed by atoms with Crippen molar-refractivity contribution in [1.29, 1.82) is 0 Å². The molecule has 1 aromatic heterocycles. The Morgan fingerprint density at radius 1 is 1.19 bits per heavy atom. The summed E-state index contributed by atoms with van der Waals surface area (Å²) in [7, 11) is 1.96. The first-order chi connectivity index (χ1) is 10.1. The second-order valence-electron chi connectivity index (χ2n) is 5.36. The molecule has 0 aliphatic heterocycles. The van der Waals surface area contributed by atoms with Gasteiger partial charge in [-0.1, -0.05) is 30.3 Å². The SMILES string of the molecule is Cc1cccc(C(N)Cc2nc3ccccc3n2C)c1F. The molecule has 0 spiro atoms. The van der Waals surface area contributed by atoms with Gasteiger partial charge in [-0.05, 0) is 24.6 Å². The maximum absolute atomic E-state index is 14.2. The molecule has 2 aromatic carbocycles. The van der Waals surface area contributed by atoms with E-state index in [2.05, 4.69) is 4.98 Å². The predicted molar refractivity (Wildman–Crippen MR) is 82.5 cm³/mol. The van der Waals surface area contributed by atoms with Gasteiger partial charge in [0, 0.05) is 25.1 Å². The number of hydrogen-bond donors (Lipinski definition) is 1. The number of nitrogens with two attached hydrogens (primary N) is 1. The molecule has 0 amide bonds. The summed E-state index contributed by atoms with van der Waals surface area (Å²) in [4.78, 5) is 4.59. The number of halogens is 1. The maximum atomic E-state index is 14.2. The van der Waals surface area contributed by atoms with Gasteiger partial charge in [0.05, 0.1) is 11.0 Å². The quantitative estimate of drug-likeness (QED) is 0.801. The van der Waals surface area contributed by atoms with Crippen molar-refractivity contribution in [3.63, 3.8) is 0 Å². The number of aromatic nitrogens is 2. The number of para-hydroxylation sites is 2. The molecule has 0 bridgehead atoms. The van der Waals surface area contributed by atoms with E-state index in [-0.39, 0.29) is 5.82 Å². The average molecular weight is 283 g/mol. The van der Waals surface area contributed by atoms with Crippen molar-refractivity contribution in [3.8, 4) is 0 Å². The van der Waals surface area contributed by atoms with Gasteiger partial charge >= 0.3 is 0 Å². The van der Waals surface area contributed by atoms with Crippen LogP contribution < -0.4 is 5.73 Å². The van der Waals surface area contributed by atoms with E-state index in [4.69, 9.17) is 5.73 Å². The van der Waals surface area contributed by atoms with E-state index >= 15 is 0 Å². The molecule has 3 rings (SSSR count). The van der Waals surface area contributed by atoms with Gasteiger partial charge in [-0.15, -0.1) is 0 Å². The Balaban J connectivity index is 1.94. The van der Waals surface area contributed by atoms with E-state index in [1.165, 1.54) is 0 Å². The summed E-state index contributed by atoms with van der Waals surface area (Å²) in [6.07, 6.45) is 0.506. The van der Waals surface area contributed by atoms with Gasteiger partial charge < -0.3 is 10.3 Å². The van der Waals surface area contributed by atoms with Crippen molar-refractivity contribution < 1.29 is 4.39 Å². The summed E-state index contributed by atoms with van der Waals surface area (Å²) in [5.41, 5.74) is 9.35. The first-order valence-electron chi connectivity index (χ1n) is 6.99. The fourth-order valence-electron chi connectivity index (χ4n) is 2.64. The Bertz CT molecular complexity index is 792. The lowest BCUT2D eigenvalue weighted by molar-refractivity contribution is 0.564. The highest BCUT2D eigenvalue weighted by molar-refractivity contribution is 5.75. The topological polar surface area (TPSA) is 43.8 Å². The molecule has 108 valence electrons. The van der Waals surface area contributed by atoms with Crippen molar-refractivity contribution in [2.75, 3.05) is 0 Å². The van der Waals surface area contributed by atoms with E-state index in [0.717, 1.165) is 16.9 Å². The summed E-state index contributed by atoms with van der Waals surface area (Å²) >= 11 is 0. The third-order valence-electron chi connectivity index (χ3n) is 3.90. The largest absolute Gasteiger partial charge is 0.331 e. The minimum atomic E-state index is -0.402. The Morgan fingerprint density at radius 3 is 2.71 bits per heavy atom. The third kappa shape index (κ3) is 2.43.